The molecular weight excluding hydrogens is 220 g/mol. The Morgan fingerprint density at radius 3 is 2.62 bits per heavy atom. The minimum absolute atomic E-state index is 0.460. The van der Waals surface area contributed by atoms with Crippen molar-refractivity contribution in [2.75, 3.05) is 0 Å². The molecule has 16 heavy (non-hydrogen) atoms. The molecule has 2 nitrogen and oxygen atoms in total. The Morgan fingerprint density at radius 2 is 2.06 bits per heavy atom. The van der Waals surface area contributed by atoms with E-state index in [1.807, 2.05) is 43.5 Å². The first-order valence-corrected chi connectivity index (χ1v) is 5.50. The molecular formula is C13H13ClN2. The Kier molecular flexibility index (Phi) is 3.22. The first-order chi connectivity index (χ1) is 7.72. The molecule has 3 heteroatoms. The summed E-state index contributed by atoms with van der Waals surface area (Å²) in [5.41, 5.74) is 9.61. The molecule has 0 saturated heterocycles. The second-order valence-electron chi connectivity index (χ2n) is 3.67. The predicted molar refractivity (Wildman–Crippen MR) is 67.3 cm³/mol. The lowest BCUT2D eigenvalue weighted by Crippen LogP contribution is -1.98. The van der Waals surface area contributed by atoms with Crippen LogP contribution in [0.5, 0.6) is 0 Å². The molecule has 0 spiro atoms. The highest BCUT2D eigenvalue weighted by molar-refractivity contribution is 6.33. The molecule has 0 radical (unpaired) electrons. The van der Waals surface area contributed by atoms with Crippen molar-refractivity contribution in [2.24, 2.45) is 5.73 Å². The zero-order chi connectivity index (χ0) is 11.5. The highest BCUT2D eigenvalue weighted by Gasteiger charge is 2.06. The summed E-state index contributed by atoms with van der Waals surface area (Å²) in [7, 11) is 0. The monoisotopic (exact) mass is 232 g/mol. The van der Waals surface area contributed by atoms with Crippen LogP contribution in [0, 0.1) is 6.92 Å². The van der Waals surface area contributed by atoms with Crippen molar-refractivity contribution in [1.82, 2.24) is 4.98 Å². The second kappa shape index (κ2) is 4.64. The lowest BCUT2D eigenvalue weighted by atomic mass is 10.0. The number of hydrogen-bond donors (Lipinski definition) is 1. The first-order valence-electron chi connectivity index (χ1n) is 5.13. The van der Waals surface area contributed by atoms with E-state index >= 15 is 0 Å². The normalized spacial score (nSPS) is 10.4. The van der Waals surface area contributed by atoms with Crippen LogP contribution in [-0.4, -0.2) is 4.98 Å². The molecule has 0 bridgehead atoms. The zero-order valence-corrected chi connectivity index (χ0v) is 9.83. The van der Waals surface area contributed by atoms with E-state index < -0.39 is 0 Å². The van der Waals surface area contributed by atoms with Gasteiger partial charge in [-0.1, -0.05) is 29.8 Å². The molecule has 0 aliphatic carbocycles. The molecule has 2 rings (SSSR count). The summed E-state index contributed by atoms with van der Waals surface area (Å²) in [6.07, 6.45) is 1.82. The molecule has 82 valence electrons. The van der Waals surface area contributed by atoms with Gasteiger partial charge in [-0.05, 0) is 24.6 Å². The molecule has 2 aromatic rings. The molecule has 0 unspecified atom stereocenters. The van der Waals surface area contributed by atoms with Gasteiger partial charge in [0.05, 0.1) is 5.69 Å². The van der Waals surface area contributed by atoms with Crippen LogP contribution >= 0.6 is 11.6 Å². The maximum atomic E-state index is 6.19. The molecule has 0 fully saturated rings. The van der Waals surface area contributed by atoms with Crippen LogP contribution in [0.2, 0.25) is 5.02 Å². The van der Waals surface area contributed by atoms with Crippen molar-refractivity contribution in [3.63, 3.8) is 0 Å². The number of benzene rings is 1. The number of nitrogens with two attached hydrogens (primary N) is 1. The number of aromatic nitrogens is 1. The van der Waals surface area contributed by atoms with Gasteiger partial charge in [0.1, 0.15) is 0 Å². The summed E-state index contributed by atoms with van der Waals surface area (Å²) >= 11 is 6.19. The third-order valence-corrected chi connectivity index (χ3v) is 2.86. The highest BCUT2D eigenvalue weighted by Crippen LogP contribution is 2.30. The molecule has 0 saturated carbocycles. The lowest BCUT2D eigenvalue weighted by Gasteiger charge is -2.08. The zero-order valence-electron chi connectivity index (χ0n) is 9.07. The minimum atomic E-state index is 0.460. The average Bonchev–Trinajstić information content (AvgIpc) is 2.30. The van der Waals surface area contributed by atoms with Gasteiger partial charge in [-0.3, -0.25) is 4.98 Å². The molecule has 1 aromatic heterocycles. The van der Waals surface area contributed by atoms with E-state index in [4.69, 9.17) is 17.3 Å². The van der Waals surface area contributed by atoms with Gasteiger partial charge in [-0.25, -0.2) is 0 Å². The lowest BCUT2D eigenvalue weighted by molar-refractivity contribution is 0.991. The van der Waals surface area contributed by atoms with Gasteiger partial charge in [0.15, 0.2) is 0 Å². The van der Waals surface area contributed by atoms with Gasteiger partial charge in [0.25, 0.3) is 0 Å². The number of halogens is 1. The molecule has 1 aromatic carbocycles. The molecule has 0 atom stereocenters. The maximum Gasteiger partial charge on any atom is 0.0539 e. The standard InChI is InChI=1S/C13H13ClN2/c1-9-3-2-4-12(14)13(9)10-5-6-11(7-15)16-8-10/h2-6,8H,7,15H2,1H3. The van der Waals surface area contributed by atoms with Crippen LogP contribution in [0.4, 0.5) is 0 Å². The number of nitrogens with zero attached hydrogens (tertiary/aromatic N) is 1. The Hall–Kier alpha value is -1.38. The predicted octanol–water partition coefficient (Wildman–Crippen LogP) is 3.17. The SMILES string of the molecule is Cc1cccc(Cl)c1-c1ccc(CN)nc1. The van der Waals surface area contributed by atoms with Crippen LogP contribution in [0.1, 0.15) is 11.3 Å². The fourth-order valence-electron chi connectivity index (χ4n) is 1.69. The van der Waals surface area contributed by atoms with E-state index in [-0.39, 0.29) is 0 Å². The van der Waals surface area contributed by atoms with Crippen LogP contribution in [0.15, 0.2) is 36.5 Å². The van der Waals surface area contributed by atoms with Crippen LogP contribution < -0.4 is 5.73 Å². The fourth-order valence-corrected chi connectivity index (χ4v) is 2.02. The number of pyridine rings is 1. The van der Waals surface area contributed by atoms with Gasteiger partial charge < -0.3 is 5.73 Å². The van der Waals surface area contributed by atoms with Crippen molar-refractivity contribution in [2.45, 2.75) is 13.5 Å². The van der Waals surface area contributed by atoms with Crippen LogP contribution in [0.3, 0.4) is 0 Å². The van der Waals surface area contributed by atoms with Crippen LogP contribution in [0.25, 0.3) is 11.1 Å². The summed E-state index contributed by atoms with van der Waals surface area (Å²) in [5.74, 6) is 0. The smallest absolute Gasteiger partial charge is 0.0539 e. The maximum absolute atomic E-state index is 6.19. The van der Waals surface area contributed by atoms with Gasteiger partial charge in [-0.2, -0.15) is 0 Å². The van der Waals surface area contributed by atoms with E-state index in [9.17, 15) is 0 Å². The topological polar surface area (TPSA) is 38.9 Å². The van der Waals surface area contributed by atoms with Gasteiger partial charge in [0.2, 0.25) is 0 Å². The van der Waals surface area contributed by atoms with Crippen LogP contribution in [-0.2, 0) is 6.54 Å². The molecule has 0 amide bonds. The van der Waals surface area contributed by atoms with Crippen molar-refractivity contribution >= 4 is 11.6 Å². The Labute approximate surface area is 100 Å². The van der Waals surface area contributed by atoms with Crippen molar-refractivity contribution in [1.29, 1.82) is 0 Å². The summed E-state index contributed by atoms with van der Waals surface area (Å²) in [5, 5.41) is 0.752. The summed E-state index contributed by atoms with van der Waals surface area (Å²) in [6, 6.07) is 9.81. The number of rotatable bonds is 2. The quantitative estimate of drug-likeness (QED) is 0.864. The van der Waals surface area contributed by atoms with Crippen molar-refractivity contribution < 1.29 is 0 Å². The largest absolute Gasteiger partial charge is 0.325 e. The van der Waals surface area contributed by atoms with E-state index in [1.165, 1.54) is 0 Å². The third-order valence-electron chi connectivity index (χ3n) is 2.54. The molecule has 1 heterocycles. The average molecular weight is 233 g/mol. The van der Waals surface area contributed by atoms with Gasteiger partial charge in [0, 0.05) is 28.9 Å². The van der Waals surface area contributed by atoms with E-state index in [0.717, 1.165) is 27.4 Å². The molecule has 2 N–H and O–H groups in total. The summed E-state index contributed by atoms with van der Waals surface area (Å²) in [4.78, 5) is 4.27. The van der Waals surface area contributed by atoms with E-state index in [0.29, 0.717) is 6.54 Å². The second-order valence-corrected chi connectivity index (χ2v) is 4.08. The Morgan fingerprint density at radius 1 is 1.25 bits per heavy atom. The van der Waals surface area contributed by atoms with E-state index in [1.54, 1.807) is 0 Å². The van der Waals surface area contributed by atoms with E-state index in [2.05, 4.69) is 4.98 Å². The first kappa shape index (κ1) is 11.1. The Bertz CT molecular complexity index is 472. The highest BCUT2D eigenvalue weighted by atomic mass is 35.5. The summed E-state index contributed by atoms with van der Waals surface area (Å²) in [6.45, 7) is 2.50. The molecule has 0 aliphatic heterocycles. The summed E-state index contributed by atoms with van der Waals surface area (Å²) < 4.78 is 0. The van der Waals surface area contributed by atoms with Gasteiger partial charge >= 0.3 is 0 Å². The fraction of sp³-hybridized carbons (Fsp3) is 0.154. The van der Waals surface area contributed by atoms with Crippen molar-refractivity contribution in [3.05, 3.63) is 52.8 Å². The number of aryl methyl sites for hydroxylation is 1. The number of hydrogen-bond acceptors (Lipinski definition) is 2. The molecule has 0 aliphatic rings. The third kappa shape index (κ3) is 2.08. The minimum Gasteiger partial charge on any atom is -0.325 e. The van der Waals surface area contributed by atoms with Crippen molar-refractivity contribution in [3.8, 4) is 11.1 Å². The Balaban J connectivity index is 2.50. The van der Waals surface area contributed by atoms with Gasteiger partial charge in [-0.15, -0.1) is 0 Å².